The molecule has 0 atom stereocenters. The van der Waals surface area contributed by atoms with Crippen molar-refractivity contribution >= 4 is 34.8 Å². The molecule has 170 valence electrons. The van der Waals surface area contributed by atoms with Gasteiger partial charge in [-0.2, -0.15) is 5.10 Å². The summed E-state index contributed by atoms with van der Waals surface area (Å²) in [5.41, 5.74) is 6.52. The summed E-state index contributed by atoms with van der Waals surface area (Å²) >= 11 is 6.08. The minimum absolute atomic E-state index is 0.297. The third-order valence-electron chi connectivity index (χ3n) is 5.14. The fraction of sp³-hybridized carbons (Fsp3) is 0.0769. The summed E-state index contributed by atoms with van der Waals surface area (Å²) in [6, 6.07) is 23.3. The van der Waals surface area contributed by atoms with Crippen molar-refractivity contribution in [3.63, 3.8) is 0 Å². The molecule has 0 fully saturated rings. The molecule has 7 nitrogen and oxygen atoms in total. The molecule has 2 amide bonds. The zero-order valence-corrected chi connectivity index (χ0v) is 19.3. The molecule has 3 aromatic carbocycles. The predicted molar refractivity (Wildman–Crippen MR) is 132 cm³/mol. The summed E-state index contributed by atoms with van der Waals surface area (Å²) in [6.45, 7) is 3.46. The van der Waals surface area contributed by atoms with Crippen LogP contribution in [0, 0.1) is 6.92 Å². The highest BCUT2D eigenvalue weighted by Gasteiger charge is 2.21. The van der Waals surface area contributed by atoms with Gasteiger partial charge in [-0.3, -0.25) is 9.59 Å². The summed E-state index contributed by atoms with van der Waals surface area (Å²) in [5, 5.41) is 11.4. The number of amides is 2. The maximum Gasteiger partial charge on any atom is 0.277 e. The Morgan fingerprint density at radius 3 is 2.29 bits per heavy atom. The lowest BCUT2D eigenvalue weighted by Crippen LogP contribution is -2.20. The number of carbonyl (C=O) groups excluding carboxylic acids is 2. The van der Waals surface area contributed by atoms with E-state index in [1.807, 2.05) is 30.3 Å². The van der Waals surface area contributed by atoms with E-state index in [0.29, 0.717) is 39.0 Å². The van der Waals surface area contributed by atoms with Crippen LogP contribution in [0.25, 0.3) is 11.3 Å². The monoisotopic (exact) mass is 472 g/mol. The van der Waals surface area contributed by atoms with E-state index < -0.39 is 5.91 Å². The number of hydrazone groups is 1. The number of carbonyl (C=O) groups is 2. The molecular weight excluding hydrogens is 452 g/mol. The molecule has 4 aromatic rings. The number of nitrogens with one attached hydrogen (secondary N) is 2. The van der Waals surface area contributed by atoms with E-state index >= 15 is 0 Å². The third-order valence-corrected chi connectivity index (χ3v) is 5.47. The van der Waals surface area contributed by atoms with Crippen molar-refractivity contribution in [2.75, 3.05) is 5.32 Å². The van der Waals surface area contributed by atoms with Crippen molar-refractivity contribution in [3.05, 3.63) is 106 Å². The number of halogens is 1. The number of hydrogen-bond acceptors (Lipinski definition) is 5. The summed E-state index contributed by atoms with van der Waals surface area (Å²) in [5.74, 6) is -0.308. The summed E-state index contributed by atoms with van der Waals surface area (Å²) < 4.78 is 5.24. The molecule has 0 radical (unpaired) electrons. The standard InChI is InChI=1S/C26H21ClN4O3/c1-16(18-12-14-20(15-13-18)28-25(32)21-10-6-7-11-22(21)27)29-30-26(33)23-17(2)34-31-24(23)19-8-4-3-5-9-19/h3-15H,1-2H3,(H,28,32)(H,30,33)/b29-16+. The number of rotatable bonds is 6. The van der Waals surface area contributed by atoms with Gasteiger partial charge in [0.2, 0.25) is 0 Å². The molecule has 1 aromatic heterocycles. The molecule has 0 aliphatic carbocycles. The van der Waals surface area contributed by atoms with Gasteiger partial charge in [0.1, 0.15) is 17.0 Å². The first-order chi connectivity index (χ1) is 16.4. The fourth-order valence-corrected chi connectivity index (χ4v) is 3.55. The van der Waals surface area contributed by atoms with Gasteiger partial charge in [-0.05, 0) is 43.7 Å². The molecule has 1 heterocycles. The number of anilines is 1. The average Bonchev–Trinajstić information content (AvgIpc) is 3.25. The van der Waals surface area contributed by atoms with E-state index in [0.717, 1.165) is 11.1 Å². The highest BCUT2D eigenvalue weighted by Crippen LogP contribution is 2.25. The van der Waals surface area contributed by atoms with Crippen molar-refractivity contribution in [2.24, 2.45) is 5.10 Å². The minimum atomic E-state index is -0.416. The van der Waals surface area contributed by atoms with Gasteiger partial charge in [0, 0.05) is 11.3 Å². The highest BCUT2D eigenvalue weighted by atomic mass is 35.5. The van der Waals surface area contributed by atoms with Gasteiger partial charge >= 0.3 is 0 Å². The van der Waals surface area contributed by atoms with Crippen LogP contribution in [0.1, 0.15) is 39.0 Å². The quantitative estimate of drug-likeness (QED) is 0.277. The first-order valence-corrected chi connectivity index (χ1v) is 10.8. The Balaban J connectivity index is 1.44. The van der Waals surface area contributed by atoms with Crippen molar-refractivity contribution in [1.82, 2.24) is 10.6 Å². The Kier molecular flexibility index (Phi) is 6.85. The number of benzene rings is 3. The van der Waals surface area contributed by atoms with Crippen LogP contribution in [-0.2, 0) is 0 Å². The fourth-order valence-electron chi connectivity index (χ4n) is 3.33. The molecule has 0 aliphatic rings. The van der Waals surface area contributed by atoms with Crippen molar-refractivity contribution in [2.45, 2.75) is 13.8 Å². The molecule has 34 heavy (non-hydrogen) atoms. The highest BCUT2D eigenvalue weighted by molar-refractivity contribution is 6.34. The van der Waals surface area contributed by atoms with Crippen LogP contribution in [0.2, 0.25) is 5.02 Å². The van der Waals surface area contributed by atoms with E-state index in [4.69, 9.17) is 16.1 Å². The molecule has 0 unspecified atom stereocenters. The molecule has 4 rings (SSSR count). The molecule has 8 heteroatoms. The van der Waals surface area contributed by atoms with Crippen LogP contribution in [0.5, 0.6) is 0 Å². The second kappa shape index (κ2) is 10.1. The topological polar surface area (TPSA) is 96.6 Å². The molecule has 0 aliphatic heterocycles. The van der Waals surface area contributed by atoms with E-state index in [1.54, 1.807) is 62.4 Å². The molecule has 2 N–H and O–H groups in total. The molecule has 0 saturated heterocycles. The van der Waals surface area contributed by atoms with Crippen molar-refractivity contribution in [1.29, 1.82) is 0 Å². The maximum atomic E-state index is 12.8. The smallest absolute Gasteiger partial charge is 0.277 e. The maximum absolute atomic E-state index is 12.8. The van der Waals surface area contributed by atoms with Crippen LogP contribution in [0.4, 0.5) is 5.69 Å². The molecule has 0 bridgehead atoms. The van der Waals surface area contributed by atoms with E-state index in [-0.39, 0.29) is 5.91 Å². The van der Waals surface area contributed by atoms with Crippen LogP contribution in [-0.4, -0.2) is 22.7 Å². The Morgan fingerprint density at radius 1 is 0.912 bits per heavy atom. The van der Waals surface area contributed by atoms with Gasteiger partial charge < -0.3 is 9.84 Å². The van der Waals surface area contributed by atoms with Gasteiger partial charge in [-0.25, -0.2) is 5.43 Å². The Hall–Kier alpha value is -4.23. The largest absolute Gasteiger partial charge is 0.360 e. The third kappa shape index (κ3) is 5.05. The number of hydrogen-bond donors (Lipinski definition) is 2. The van der Waals surface area contributed by atoms with Crippen LogP contribution in [0.15, 0.2) is 88.5 Å². The number of aryl methyl sites for hydroxylation is 1. The van der Waals surface area contributed by atoms with Gasteiger partial charge in [-0.15, -0.1) is 0 Å². The van der Waals surface area contributed by atoms with Gasteiger partial charge in [0.25, 0.3) is 11.8 Å². The minimum Gasteiger partial charge on any atom is -0.360 e. The first kappa shape index (κ1) is 22.9. The zero-order valence-electron chi connectivity index (χ0n) is 18.5. The van der Waals surface area contributed by atoms with Crippen LogP contribution in [0.3, 0.4) is 0 Å². The molecule has 0 spiro atoms. The Bertz CT molecular complexity index is 1360. The number of nitrogens with zero attached hydrogens (tertiary/aromatic N) is 2. The lowest BCUT2D eigenvalue weighted by atomic mass is 10.1. The molecule has 0 saturated carbocycles. The van der Waals surface area contributed by atoms with Gasteiger partial charge in [0.05, 0.1) is 16.3 Å². The normalized spacial score (nSPS) is 11.2. The summed E-state index contributed by atoms with van der Waals surface area (Å²) in [7, 11) is 0. The van der Waals surface area contributed by atoms with Crippen molar-refractivity contribution < 1.29 is 14.1 Å². The van der Waals surface area contributed by atoms with Gasteiger partial charge in [0.15, 0.2) is 0 Å². The SMILES string of the molecule is C/C(=N\NC(=O)c1c(-c2ccccc2)noc1C)c1ccc(NC(=O)c2ccccc2Cl)cc1. The summed E-state index contributed by atoms with van der Waals surface area (Å²) in [6.07, 6.45) is 0. The van der Waals surface area contributed by atoms with E-state index in [2.05, 4.69) is 21.0 Å². The average molecular weight is 473 g/mol. The Morgan fingerprint density at radius 2 is 1.59 bits per heavy atom. The van der Waals surface area contributed by atoms with Crippen LogP contribution < -0.4 is 10.7 Å². The summed E-state index contributed by atoms with van der Waals surface area (Å²) in [4.78, 5) is 25.2. The number of aromatic nitrogens is 1. The molecular formula is C26H21ClN4O3. The van der Waals surface area contributed by atoms with Crippen LogP contribution >= 0.6 is 11.6 Å². The van der Waals surface area contributed by atoms with E-state index in [1.165, 1.54) is 0 Å². The second-order valence-corrected chi connectivity index (χ2v) is 7.89. The zero-order chi connectivity index (χ0) is 24.1. The first-order valence-electron chi connectivity index (χ1n) is 10.5. The van der Waals surface area contributed by atoms with Crippen molar-refractivity contribution in [3.8, 4) is 11.3 Å². The lowest BCUT2D eigenvalue weighted by molar-refractivity contribution is 0.0953. The van der Waals surface area contributed by atoms with Gasteiger partial charge in [-0.1, -0.05) is 71.4 Å². The second-order valence-electron chi connectivity index (χ2n) is 7.48. The predicted octanol–water partition coefficient (Wildman–Crippen LogP) is 5.71. The Labute approximate surface area is 201 Å². The lowest BCUT2D eigenvalue weighted by Gasteiger charge is -2.08. The van der Waals surface area contributed by atoms with E-state index in [9.17, 15) is 9.59 Å².